The number of hydrogen-bond acceptors (Lipinski definition) is 4. The van der Waals surface area contributed by atoms with E-state index in [9.17, 15) is 4.79 Å². The van der Waals surface area contributed by atoms with Crippen molar-refractivity contribution in [3.63, 3.8) is 0 Å². The molecule has 21 heavy (non-hydrogen) atoms. The van der Waals surface area contributed by atoms with Gasteiger partial charge in [0.05, 0.1) is 7.11 Å². The van der Waals surface area contributed by atoms with Crippen LogP contribution < -0.4 is 4.74 Å². The van der Waals surface area contributed by atoms with Crippen molar-refractivity contribution in [1.82, 2.24) is 4.90 Å². The van der Waals surface area contributed by atoms with Crippen molar-refractivity contribution in [2.24, 2.45) is 5.92 Å². The summed E-state index contributed by atoms with van der Waals surface area (Å²) in [4.78, 5) is 13.8. The Balaban J connectivity index is 3.30. The molecule has 1 rings (SSSR count). The highest BCUT2D eigenvalue weighted by atomic mass is 16.6. The van der Waals surface area contributed by atoms with Gasteiger partial charge >= 0.3 is 5.97 Å². The van der Waals surface area contributed by atoms with Gasteiger partial charge in [0.1, 0.15) is 11.4 Å². The van der Waals surface area contributed by atoms with Crippen LogP contribution in [0.25, 0.3) is 0 Å². The fourth-order valence-corrected chi connectivity index (χ4v) is 2.91. The lowest BCUT2D eigenvalue weighted by molar-refractivity contribution is -0.166. The first-order chi connectivity index (χ1) is 9.85. The lowest BCUT2D eigenvalue weighted by atomic mass is 9.79. The van der Waals surface area contributed by atoms with Gasteiger partial charge in [0, 0.05) is 19.4 Å². The Labute approximate surface area is 128 Å². The van der Waals surface area contributed by atoms with Gasteiger partial charge < -0.3 is 14.4 Å². The first kappa shape index (κ1) is 17.5. The SMILES string of the molecule is CC[C@](OC(C)=O)(c1cccc(OC)c1)[C@@H](C)CN(C)C. The van der Waals surface area contributed by atoms with Crippen molar-refractivity contribution in [2.75, 3.05) is 27.7 Å². The molecule has 118 valence electrons. The van der Waals surface area contributed by atoms with Crippen LogP contribution in [0, 0.1) is 5.92 Å². The van der Waals surface area contributed by atoms with Gasteiger partial charge in [-0.25, -0.2) is 0 Å². The summed E-state index contributed by atoms with van der Waals surface area (Å²) in [5.74, 6) is 0.674. The van der Waals surface area contributed by atoms with Crippen molar-refractivity contribution in [1.29, 1.82) is 0 Å². The Morgan fingerprint density at radius 3 is 2.52 bits per heavy atom. The maximum Gasteiger partial charge on any atom is 0.303 e. The van der Waals surface area contributed by atoms with E-state index < -0.39 is 5.60 Å². The van der Waals surface area contributed by atoms with Crippen molar-refractivity contribution >= 4 is 5.97 Å². The van der Waals surface area contributed by atoms with Crippen LogP contribution >= 0.6 is 0 Å². The van der Waals surface area contributed by atoms with Crippen LogP contribution in [-0.2, 0) is 15.1 Å². The smallest absolute Gasteiger partial charge is 0.303 e. The molecule has 1 aromatic carbocycles. The van der Waals surface area contributed by atoms with E-state index in [2.05, 4.69) is 18.7 Å². The third-order valence-corrected chi connectivity index (χ3v) is 3.84. The molecule has 0 spiro atoms. The fourth-order valence-electron chi connectivity index (χ4n) is 2.91. The topological polar surface area (TPSA) is 38.8 Å². The van der Waals surface area contributed by atoms with Crippen molar-refractivity contribution in [2.45, 2.75) is 32.8 Å². The van der Waals surface area contributed by atoms with Crippen LogP contribution in [0.1, 0.15) is 32.8 Å². The van der Waals surface area contributed by atoms with Crippen LogP contribution in [0.3, 0.4) is 0 Å². The monoisotopic (exact) mass is 293 g/mol. The molecule has 0 unspecified atom stereocenters. The second-order valence-electron chi connectivity index (χ2n) is 5.73. The molecule has 2 atom stereocenters. The van der Waals surface area contributed by atoms with Gasteiger partial charge in [0.25, 0.3) is 0 Å². The van der Waals surface area contributed by atoms with Crippen LogP contribution in [0.2, 0.25) is 0 Å². The predicted molar refractivity (Wildman–Crippen MR) is 84.4 cm³/mol. The minimum atomic E-state index is -0.634. The van der Waals surface area contributed by atoms with E-state index in [0.717, 1.165) is 24.3 Å². The van der Waals surface area contributed by atoms with E-state index in [4.69, 9.17) is 9.47 Å². The lowest BCUT2D eigenvalue weighted by Crippen LogP contribution is -2.42. The summed E-state index contributed by atoms with van der Waals surface area (Å²) in [5, 5.41) is 0. The molecular weight excluding hydrogens is 266 g/mol. The van der Waals surface area contributed by atoms with Crippen molar-refractivity contribution in [3.05, 3.63) is 29.8 Å². The summed E-state index contributed by atoms with van der Waals surface area (Å²) >= 11 is 0. The molecule has 4 heteroatoms. The van der Waals surface area contributed by atoms with Gasteiger partial charge in [-0.2, -0.15) is 0 Å². The number of carbonyl (C=O) groups excluding carboxylic acids is 1. The van der Waals surface area contributed by atoms with Gasteiger partial charge in [-0.3, -0.25) is 4.79 Å². The van der Waals surface area contributed by atoms with Gasteiger partial charge in [-0.1, -0.05) is 26.0 Å². The number of methoxy groups -OCH3 is 1. The minimum absolute atomic E-state index is 0.161. The Hall–Kier alpha value is -1.55. The third kappa shape index (κ3) is 4.21. The first-order valence-corrected chi connectivity index (χ1v) is 7.34. The number of nitrogens with zero attached hydrogens (tertiary/aromatic N) is 1. The molecule has 0 aliphatic carbocycles. The highest BCUT2D eigenvalue weighted by Gasteiger charge is 2.40. The van der Waals surface area contributed by atoms with Crippen molar-refractivity contribution in [3.8, 4) is 5.75 Å². The quantitative estimate of drug-likeness (QED) is 0.724. The van der Waals surface area contributed by atoms with Gasteiger partial charge in [-0.05, 0) is 38.2 Å². The second-order valence-corrected chi connectivity index (χ2v) is 5.73. The number of carbonyl (C=O) groups is 1. The second kappa shape index (κ2) is 7.46. The van der Waals surface area contributed by atoms with E-state index in [1.807, 2.05) is 38.4 Å². The molecule has 1 aromatic rings. The van der Waals surface area contributed by atoms with E-state index >= 15 is 0 Å². The summed E-state index contributed by atoms with van der Waals surface area (Å²) in [5.41, 5.74) is 0.346. The Bertz CT molecular complexity index is 473. The Morgan fingerprint density at radius 2 is 2.05 bits per heavy atom. The largest absolute Gasteiger partial charge is 0.497 e. The summed E-state index contributed by atoms with van der Waals surface area (Å²) in [6, 6.07) is 7.79. The molecular formula is C17H27NO3. The molecule has 0 aliphatic heterocycles. The molecule has 0 saturated carbocycles. The molecule has 0 heterocycles. The summed E-state index contributed by atoms with van der Waals surface area (Å²) in [6.07, 6.45) is 0.717. The van der Waals surface area contributed by atoms with Crippen molar-refractivity contribution < 1.29 is 14.3 Å². The van der Waals surface area contributed by atoms with Crippen LogP contribution in [0.15, 0.2) is 24.3 Å². The van der Waals surface area contributed by atoms with Crippen LogP contribution in [-0.4, -0.2) is 38.6 Å². The maximum absolute atomic E-state index is 11.7. The normalized spacial score (nSPS) is 15.4. The maximum atomic E-state index is 11.7. The van der Waals surface area contributed by atoms with Crippen LogP contribution in [0.4, 0.5) is 0 Å². The van der Waals surface area contributed by atoms with E-state index in [1.54, 1.807) is 7.11 Å². The molecule has 0 amide bonds. The van der Waals surface area contributed by atoms with Gasteiger partial charge in [0.15, 0.2) is 0 Å². The highest BCUT2D eigenvalue weighted by molar-refractivity contribution is 5.67. The zero-order chi connectivity index (χ0) is 16.0. The molecule has 0 radical (unpaired) electrons. The van der Waals surface area contributed by atoms with Gasteiger partial charge in [-0.15, -0.1) is 0 Å². The summed E-state index contributed by atoms with van der Waals surface area (Å²) < 4.78 is 11.1. The third-order valence-electron chi connectivity index (χ3n) is 3.84. The van der Waals surface area contributed by atoms with Crippen LogP contribution in [0.5, 0.6) is 5.75 Å². The summed E-state index contributed by atoms with van der Waals surface area (Å²) in [7, 11) is 5.69. The fraction of sp³-hybridized carbons (Fsp3) is 0.588. The molecule has 0 N–H and O–H groups in total. The molecule has 0 aliphatic rings. The standard InChI is InChI=1S/C17H27NO3/c1-7-17(21-14(3)19,13(2)12-18(4)5)15-9-8-10-16(11-15)20-6/h8-11,13H,7,12H2,1-6H3/t13-,17+/m0/s1. The molecule has 0 bridgehead atoms. The lowest BCUT2D eigenvalue weighted by Gasteiger charge is -2.39. The zero-order valence-electron chi connectivity index (χ0n) is 14.0. The first-order valence-electron chi connectivity index (χ1n) is 7.34. The molecule has 0 saturated heterocycles. The molecule has 0 aromatic heterocycles. The summed E-state index contributed by atoms with van der Waals surface area (Å²) in [6.45, 7) is 6.46. The number of rotatable bonds is 7. The number of esters is 1. The number of ether oxygens (including phenoxy) is 2. The Kier molecular flexibility index (Phi) is 6.21. The Morgan fingerprint density at radius 1 is 1.38 bits per heavy atom. The zero-order valence-corrected chi connectivity index (χ0v) is 14.0. The highest BCUT2D eigenvalue weighted by Crippen LogP contribution is 2.39. The van der Waals surface area contributed by atoms with E-state index in [1.165, 1.54) is 6.92 Å². The number of hydrogen-bond donors (Lipinski definition) is 0. The average Bonchev–Trinajstić information content (AvgIpc) is 2.43. The molecule has 4 nitrogen and oxygen atoms in total. The predicted octanol–water partition coefficient (Wildman–Crippen LogP) is 3.06. The minimum Gasteiger partial charge on any atom is -0.497 e. The molecule has 0 fully saturated rings. The van der Waals surface area contributed by atoms with E-state index in [0.29, 0.717) is 0 Å². The van der Waals surface area contributed by atoms with Gasteiger partial charge in [0.2, 0.25) is 0 Å². The number of benzene rings is 1. The average molecular weight is 293 g/mol. The van der Waals surface area contributed by atoms with E-state index in [-0.39, 0.29) is 11.9 Å².